The molecule has 1 aliphatic rings. The van der Waals surface area contributed by atoms with Gasteiger partial charge in [-0.05, 0) is 25.0 Å². The minimum absolute atomic E-state index is 0.0286. The second-order valence-electron chi connectivity index (χ2n) is 4.12. The summed E-state index contributed by atoms with van der Waals surface area (Å²) < 4.78 is 32.2. The van der Waals surface area contributed by atoms with E-state index in [-0.39, 0.29) is 11.2 Å². The first-order valence-electron chi connectivity index (χ1n) is 4.90. The van der Waals surface area contributed by atoms with Gasteiger partial charge in [-0.15, -0.1) is 0 Å². The number of rotatable bonds is 4. The fraction of sp³-hybridized carbons (Fsp3) is 0.455. The van der Waals surface area contributed by atoms with E-state index < -0.39 is 11.6 Å². The fourth-order valence-electron chi connectivity index (χ4n) is 1.36. The van der Waals surface area contributed by atoms with Crippen LogP contribution >= 0.6 is 31.9 Å². The van der Waals surface area contributed by atoms with Crippen LogP contribution in [0.25, 0.3) is 0 Å². The predicted molar refractivity (Wildman–Crippen MR) is 65.0 cm³/mol. The summed E-state index contributed by atoms with van der Waals surface area (Å²) in [6, 6.07) is 2.53. The smallest absolute Gasteiger partial charge is 0.200 e. The van der Waals surface area contributed by atoms with Gasteiger partial charge in [0.2, 0.25) is 5.82 Å². The van der Waals surface area contributed by atoms with Gasteiger partial charge in [-0.25, -0.2) is 4.39 Å². The highest BCUT2D eigenvalue weighted by Gasteiger charge is 2.42. The zero-order valence-electron chi connectivity index (χ0n) is 8.40. The van der Waals surface area contributed by atoms with E-state index >= 15 is 0 Å². The van der Waals surface area contributed by atoms with E-state index in [9.17, 15) is 8.78 Å². The molecule has 0 N–H and O–H groups in total. The third kappa shape index (κ3) is 2.56. The Hall–Kier alpha value is -0.160. The largest absolute Gasteiger partial charge is 0.490 e. The molecule has 0 radical (unpaired) electrons. The molecule has 1 saturated carbocycles. The van der Waals surface area contributed by atoms with E-state index in [1.807, 2.05) is 0 Å². The lowest BCUT2D eigenvalue weighted by molar-refractivity contribution is 0.237. The third-order valence-electron chi connectivity index (χ3n) is 2.73. The minimum Gasteiger partial charge on any atom is -0.490 e. The molecule has 2 rings (SSSR count). The van der Waals surface area contributed by atoms with E-state index in [1.54, 1.807) is 0 Å². The molecule has 0 amide bonds. The molecule has 1 fully saturated rings. The maximum Gasteiger partial charge on any atom is 0.200 e. The van der Waals surface area contributed by atoms with Crippen molar-refractivity contribution in [1.29, 1.82) is 0 Å². The quantitative estimate of drug-likeness (QED) is 0.578. The van der Waals surface area contributed by atoms with Gasteiger partial charge in [0.05, 0.1) is 6.61 Å². The molecule has 0 heterocycles. The number of ether oxygens (including phenoxy) is 1. The van der Waals surface area contributed by atoms with Gasteiger partial charge >= 0.3 is 0 Å². The Labute approximate surface area is 109 Å². The van der Waals surface area contributed by atoms with Crippen LogP contribution < -0.4 is 4.74 Å². The molecule has 0 spiro atoms. The van der Waals surface area contributed by atoms with Crippen molar-refractivity contribution in [2.45, 2.75) is 12.8 Å². The minimum atomic E-state index is -0.923. The molecule has 88 valence electrons. The van der Waals surface area contributed by atoms with Gasteiger partial charge in [-0.2, -0.15) is 4.39 Å². The molecule has 1 nitrogen and oxygen atoms in total. The van der Waals surface area contributed by atoms with Crippen LogP contribution in [0.2, 0.25) is 0 Å². The van der Waals surface area contributed by atoms with Crippen molar-refractivity contribution >= 4 is 31.9 Å². The number of halogens is 4. The van der Waals surface area contributed by atoms with Crippen molar-refractivity contribution in [3.63, 3.8) is 0 Å². The van der Waals surface area contributed by atoms with Crippen molar-refractivity contribution in [2.24, 2.45) is 5.41 Å². The molecule has 5 heteroatoms. The molecule has 1 aromatic carbocycles. The Balaban J connectivity index is 2.09. The molecule has 0 aliphatic heterocycles. The first-order valence-corrected chi connectivity index (χ1v) is 6.81. The number of hydrogen-bond donors (Lipinski definition) is 0. The van der Waals surface area contributed by atoms with Crippen LogP contribution in [0, 0.1) is 17.0 Å². The van der Waals surface area contributed by atoms with Gasteiger partial charge in [-0.3, -0.25) is 0 Å². The molecular weight excluding hydrogens is 346 g/mol. The van der Waals surface area contributed by atoms with Crippen LogP contribution in [0.3, 0.4) is 0 Å². The highest BCUT2D eigenvalue weighted by atomic mass is 79.9. The monoisotopic (exact) mass is 354 g/mol. The Morgan fingerprint density at radius 1 is 1.31 bits per heavy atom. The van der Waals surface area contributed by atoms with Gasteiger partial charge < -0.3 is 4.74 Å². The van der Waals surface area contributed by atoms with Crippen LogP contribution in [0.4, 0.5) is 8.78 Å². The van der Waals surface area contributed by atoms with Crippen molar-refractivity contribution < 1.29 is 13.5 Å². The number of benzene rings is 1. The van der Waals surface area contributed by atoms with Gasteiger partial charge in [0, 0.05) is 15.2 Å². The first-order chi connectivity index (χ1) is 7.56. The van der Waals surface area contributed by atoms with Gasteiger partial charge in [-0.1, -0.05) is 31.9 Å². The van der Waals surface area contributed by atoms with E-state index in [2.05, 4.69) is 31.9 Å². The highest BCUT2D eigenvalue weighted by Crippen LogP contribution is 2.47. The molecule has 0 bridgehead atoms. The molecular formula is C11H10Br2F2O. The zero-order chi connectivity index (χ0) is 11.8. The standard InChI is InChI=1S/C11H10Br2F2O/c12-5-11(1-2-11)6-16-9-4-7(13)3-8(14)10(9)15/h3-4H,1-2,5-6H2. The average molecular weight is 356 g/mol. The highest BCUT2D eigenvalue weighted by molar-refractivity contribution is 9.10. The van der Waals surface area contributed by atoms with E-state index in [4.69, 9.17) is 4.74 Å². The van der Waals surface area contributed by atoms with E-state index in [0.717, 1.165) is 24.2 Å². The summed E-state index contributed by atoms with van der Waals surface area (Å²) in [6.45, 7) is 0.422. The number of hydrogen-bond acceptors (Lipinski definition) is 1. The Kier molecular flexibility index (Phi) is 3.54. The summed E-state index contributed by atoms with van der Waals surface area (Å²) in [7, 11) is 0. The fourth-order valence-corrected chi connectivity index (χ4v) is 2.49. The average Bonchev–Trinajstić information content (AvgIpc) is 3.02. The summed E-state index contributed by atoms with van der Waals surface area (Å²) in [5, 5.41) is 0.831. The van der Waals surface area contributed by atoms with Crippen LogP contribution in [-0.4, -0.2) is 11.9 Å². The van der Waals surface area contributed by atoms with Crippen LogP contribution in [0.15, 0.2) is 16.6 Å². The molecule has 16 heavy (non-hydrogen) atoms. The Morgan fingerprint density at radius 2 is 2.00 bits per heavy atom. The van der Waals surface area contributed by atoms with Crippen molar-refractivity contribution in [1.82, 2.24) is 0 Å². The summed E-state index contributed by atoms with van der Waals surface area (Å²) in [5.74, 6) is -1.85. The lowest BCUT2D eigenvalue weighted by Gasteiger charge is -2.14. The van der Waals surface area contributed by atoms with Crippen molar-refractivity contribution in [3.8, 4) is 5.75 Å². The van der Waals surface area contributed by atoms with Gasteiger partial charge in [0.1, 0.15) is 0 Å². The normalized spacial score (nSPS) is 17.2. The maximum atomic E-state index is 13.3. The predicted octanol–water partition coefficient (Wildman–Crippen LogP) is 4.28. The summed E-state index contributed by atoms with van der Waals surface area (Å²) in [4.78, 5) is 0. The molecule has 0 unspecified atom stereocenters. The molecule has 0 saturated heterocycles. The van der Waals surface area contributed by atoms with E-state index in [0.29, 0.717) is 11.1 Å². The lowest BCUT2D eigenvalue weighted by Crippen LogP contribution is -2.15. The van der Waals surface area contributed by atoms with Crippen molar-refractivity contribution in [2.75, 3.05) is 11.9 Å². The van der Waals surface area contributed by atoms with Crippen LogP contribution in [0.1, 0.15) is 12.8 Å². The Morgan fingerprint density at radius 3 is 2.56 bits per heavy atom. The van der Waals surface area contributed by atoms with E-state index in [1.165, 1.54) is 6.07 Å². The summed E-state index contributed by atoms with van der Waals surface area (Å²) in [5.41, 5.74) is 0.116. The molecule has 1 aromatic rings. The van der Waals surface area contributed by atoms with Crippen LogP contribution in [-0.2, 0) is 0 Å². The first kappa shape index (κ1) is 12.3. The zero-order valence-corrected chi connectivity index (χ0v) is 11.6. The van der Waals surface area contributed by atoms with Gasteiger partial charge in [0.15, 0.2) is 11.6 Å². The number of alkyl halides is 1. The molecule has 0 aromatic heterocycles. The van der Waals surface area contributed by atoms with Crippen molar-refractivity contribution in [3.05, 3.63) is 28.2 Å². The summed E-state index contributed by atoms with van der Waals surface area (Å²) >= 11 is 6.50. The molecule has 1 aliphatic carbocycles. The van der Waals surface area contributed by atoms with Gasteiger partial charge in [0.25, 0.3) is 0 Å². The second-order valence-corrected chi connectivity index (χ2v) is 5.60. The SMILES string of the molecule is Fc1cc(Br)cc(OCC2(CBr)CC2)c1F. The maximum absolute atomic E-state index is 13.3. The Bertz CT molecular complexity index is 405. The lowest BCUT2D eigenvalue weighted by atomic mass is 10.2. The third-order valence-corrected chi connectivity index (χ3v) is 4.38. The molecule has 0 atom stereocenters. The van der Waals surface area contributed by atoms with Crippen LogP contribution in [0.5, 0.6) is 5.75 Å². The topological polar surface area (TPSA) is 9.23 Å². The second kappa shape index (κ2) is 4.61. The summed E-state index contributed by atoms with van der Waals surface area (Å²) in [6.07, 6.45) is 2.13.